The van der Waals surface area contributed by atoms with Crippen LogP contribution >= 0.6 is 11.6 Å². The molecule has 1 amide bonds. The van der Waals surface area contributed by atoms with E-state index in [1.165, 1.54) is 0 Å². The Morgan fingerprint density at radius 3 is 2.59 bits per heavy atom. The highest BCUT2D eigenvalue weighted by Gasteiger charge is 2.08. The van der Waals surface area contributed by atoms with Crippen LogP contribution in [-0.4, -0.2) is 16.8 Å². The van der Waals surface area contributed by atoms with Crippen molar-refractivity contribution in [2.24, 2.45) is 0 Å². The fraction of sp³-hybridized carbons (Fsp3) is 0.0625. The van der Waals surface area contributed by atoms with Crippen molar-refractivity contribution in [3.63, 3.8) is 0 Å². The second-order valence-corrected chi connectivity index (χ2v) is 4.85. The van der Waals surface area contributed by atoms with E-state index in [-0.39, 0.29) is 17.7 Å². The summed E-state index contributed by atoms with van der Waals surface area (Å²) in [5, 5.41) is 3.07. The van der Waals surface area contributed by atoms with Crippen LogP contribution in [0.3, 0.4) is 0 Å². The molecule has 2 aromatic carbocycles. The lowest BCUT2D eigenvalue weighted by Gasteiger charge is -2.05. The van der Waals surface area contributed by atoms with Crippen molar-refractivity contribution in [3.05, 3.63) is 59.0 Å². The predicted molar refractivity (Wildman–Crippen MR) is 85.1 cm³/mol. The number of halogens is 1. The molecule has 1 aromatic heterocycles. The van der Waals surface area contributed by atoms with Gasteiger partial charge >= 0.3 is 5.63 Å². The topological polar surface area (TPSA) is 72.2 Å². The van der Waals surface area contributed by atoms with E-state index in [9.17, 15) is 9.59 Å². The molecule has 3 aromatic rings. The smallest absolute Gasteiger partial charge is 0.347 e. The molecule has 6 heteroatoms. The van der Waals surface area contributed by atoms with Gasteiger partial charge in [-0.05, 0) is 36.4 Å². The molecule has 0 aliphatic rings. The number of carbonyl (C=O) groups excluding carboxylic acids is 1. The highest BCUT2D eigenvalue weighted by molar-refractivity contribution is 6.29. The van der Waals surface area contributed by atoms with E-state index < -0.39 is 5.63 Å². The van der Waals surface area contributed by atoms with Crippen LogP contribution in [0.4, 0.5) is 5.69 Å². The Kier molecular flexibility index (Phi) is 3.89. The van der Waals surface area contributed by atoms with Crippen LogP contribution in [0.2, 0.25) is 0 Å². The first-order valence-electron chi connectivity index (χ1n) is 6.53. The van der Waals surface area contributed by atoms with Gasteiger partial charge in [0, 0.05) is 11.3 Å². The number of anilines is 1. The van der Waals surface area contributed by atoms with E-state index in [0.29, 0.717) is 22.2 Å². The summed E-state index contributed by atoms with van der Waals surface area (Å²) in [5.41, 5.74) is 1.40. The van der Waals surface area contributed by atoms with E-state index in [2.05, 4.69) is 10.3 Å². The van der Waals surface area contributed by atoms with Crippen LogP contribution in [0.25, 0.3) is 22.4 Å². The third-order valence-corrected chi connectivity index (χ3v) is 3.32. The number of carbonyl (C=O) groups is 1. The molecule has 0 aliphatic heterocycles. The standard InChI is InChI=1S/C16H11ClN2O3/c17-9-14(20)18-11-7-5-10(6-8-11)15-19-13-4-2-1-3-12(13)16(21)22-15/h1-8H,9H2,(H,18,20). The second kappa shape index (κ2) is 5.99. The van der Waals surface area contributed by atoms with Crippen molar-refractivity contribution in [2.75, 3.05) is 11.2 Å². The molecule has 0 atom stereocenters. The average Bonchev–Trinajstić information content (AvgIpc) is 2.55. The van der Waals surface area contributed by atoms with Crippen LogP contribution < -0.4 is 10.9 Å². The molecule has 1 heterocycles. The number of nitrogens with one attached hydrogen (secondary N) is 1. The van der Waals surface area contributed by atoms with Crippen LogP contribution in [0.5, 0.6) is 0 Å². The third kappa shape index (κ3) is 2.84. The molecular weight excluding hydrogens is 304 g/mol. The molecule has 0 fully saturated rings. The Morgan fingerprint density at radius 2 is 1.86 bits per heavy atom. The summed E-state index contributed by atoms with van der Waals surface area (Å²) in [6, 6.07) is 13.8. The Morgan fingerprint density at radius 1 is 1.14 bits per heavy atom. The van der Waals surface area contributed by atoms with Crippen molar-refractivity contribution in [1.29, 1.82) is 0 Å². The summed E-state index contributed by atoms with van der Waals surface area (Å²) in [6.07, 6.45) is 0. The molecule has 1 N–H and O–H groups in total. The maximum Gasteiger partial charge on any atom is 0.347 e. The van der Waals surface area contributed by atoms with Crippen LogP contribution in [0.15, 0.2) is 57.7 Å². The Hall–Kier alpha value is -2.66. The van der Waals surface area contributed by atoms with Crippen LogP contribution in [0, 0.1) is 0 Å². The Labute approximate surface area is 130 Å². The normalized spacial score (nSPS) is 10.6. The van der Waals surface area contributed by atoms with Crippen LogP contribution in [0.1, 0.15) is 0 Å². The SMILES string of the molecule is O=C(CCl)Nc1ccc(-c2nc3ccccc3c(=O)o2)cc1. The summed E-state index contributed by atoms with van der Waals surface area (Å²) < 4.78 is 5.24. The molecule has 0 spiro atoms. The number of nitrogens with zero attached hydrogens (tertiary/aromatic N) is 1. The number of benzene rings is 2. The fourth-order valence-electron chi connectivity index (χ4n) is 2.03. The molecule has 0 bridgehead atoms. The second-order valence-electron chi connectivity index (χ2n) is 4.58. The lowest BCUT2D eigenvalue weighted by Crippen LogP contribution is -2.12. The molecule has 5 nitrogen and oxygen atoms in total. The molecule has 0 saturated carbocycles. The van der Waals surface area contributed by atoms with Gasteiger partial charge in [-0.2, -0.15) is 0 Å². The first-order chi connectivity index (χ1) is 10.7. The van der Waals surface area contributed by atoms with E-state index in [4.69, 9.17) is 16.0 Å². The molecule has 0 saturated heterocycles. The summed E-state index contributed by atoms with van der Waals surface area (Å²) in [5.74, 6) is -0.160. The largest absolute Gasteiger partial charge is 0.403 e. The molecule has 110 valence electrons. The van der Waals surface area contributed by atoms with Crippen molar-refractivity contribution in [1.82, 2.24) is 4.98 Å². The Balaban J connectivity index is 1.97. The van der Waals surface area contributed by atoms with Crippen molar-refractivity contribution in [2.45, 2.75) is 0 Å². The van der Waals surface area contributed by atoms with Gasteiger partial charge in [0.05, 0.1) is 10.9 Å². The first kappa shape index (κ1) is 14.3. The number of para-hydroxylation sites is 1. The van der Waals surface area contributed by atoms with Gasteiger partial charge in [-0.1, -0.05) is 12.1 Å². The minimum absolute atomic E-state index is 0.108. The number of fused-ring (bicyclic) bond motifs is 1. The zero-order valence-electron chi connectivity index (χ0n) is 11.4. The minimum atomic E-state index is -0.430. The van der Waals surface area contributed by atoms with Gasteiger partial charge in [-0.15, -0.1) is 11.6 Å². The van der Waals surface area contributed by atoms with Gasteiger partial charge in [0.2, 0.25) is 11.8 Å². The Bertz CT molecular complexity index is 888. The minimum Gasteiger partial charge on any atom is -0.403 e. The average molecular weight is 315 g/mol. The summed E-state index contributed by atoms with van der Waals surface area (Å²) >= 11 is 5.43. The monoisotopic (exact) mass is 314 g/mol. The number of amides is 1. The number of hydrogen-bond donors (Lipinski definition) is 1. The maximum absolute atomic E-state index is 11.9. The summed E-state index contributed by atoms with van der Waals surface area (Å²) in [6.45, 7) is 0. The lowest BCUT2D eigenvalue weighted by atomic mass is 10.2. The number of aromatic nitrogens is 1. The predicted octanol–water partition coefficient (Wildman–Crippen LogP) is 3.03. The zero-order chi connectivity index (χ0) is 15.5. The van der Waals surface area contributed by atoms with E-state index in [1.807, 2.05) is 6.07 Å². The number of hydrogen-bond acceptors (Lipinski definition) is 4. The van der Waals surface area contributed by atoms with Crippen molar-refractivity contribution in [3.8, 4) is 11.5 Å². The van der Waals surface area contributed by atoms with E-state index in [0.717, 1.165) is 0 Å². The molecule has 22 heavy (non-hydrogen) atoms. The van der Waals surface area contributed by atoms with Gasteiger partial charge < -0.3 is 9.73 Å². The van der Waals surface area contributed by atoms with Gasteiger partial charge in [0.1, 0.15) is 5.88 Å². The van der Waals surface area contributed by atoms with E-state index >= 15 is 0 Å². The third-order valence-electron chi connectivity index (χ3n) is 3.07. The molecular formula is C16H11ClN2O3. The van der Waals surface area contributed by atoms with Crippen LogP contribution in [-0.2, 0) is 4.79 Å². The molecule has 0 unspecified atom stereocenters. The van der Waals surface area contributed by atoms with Gasteiger partial charge in [-0.3, -0.25) is 4.79 Å². The quantitative estimate of drug-likeness (QED) is 0.754. The molecule has 0 aliphatic carbocycles. The highest BCUT2D eigenvalue weighted by atomic mass is 35.5. The maximum atomic E-state index is 11.9. The molecule has 0 radical (unpaired) electrons. The number of rotatable bonds is 3. The first-order valence-corrected chi connectivity index (χ1v) is 7.07. The van der Waals surface area contributed by atoms with Gasteiger partial charge in [-0.25, -0.2) is 9.78 Å². The van der Waals surface area contributed by atoms with Gasteiger partial charge in [0.25, 0.3) is 0 Å². The van der Waals surface area contributed by atoms with Crippen molar-refractivity contribution >= 4 is 34.1 Å². The van der Waals surface area contributed by atoms with Crippen molar-refractivity contribution < 1.29 is 9.21 Å². The summed E-state index contributed by atoms with van der Waals surface area (Å²) in [7, 11) is 0. The fourth-order valence-corrected chi connectivity index (χ4v) is 2.10. The zero-order valence-corrected chi connectivity index (χ0v) is 12.1. The highest BCUT2D eigenvalue weighted by Crippen LogP contribution is 2.20. The number of alkyl halides is 1. The summed E-state index contributed by atoms with van der Waals surface area (Å²) in [4.78, 5) is 27.5. The van der Waals surface area contributed by atoms with Gasteiger partial charge in [0.15, 0.2) is 0 Å². The molecule has 3 rings (SSSR count). The lowest BCUT2D eigenvalue weighted by molar-refractivity contribution is -0.113. The van der Waals surface area contributed by atoms with E-state index in [1.54, 1.807) is 42.5 Å².